The zero-order chi connectivity index (χ0) is 23.8. The second-order valence-corrected chi connectivity index (χ2v) is 7.72. The van der Waals surface area contributed by atoms with Crippen LogP contribution in [0.25, 0.3) is 10.9 Å². The molecule has 7 nitrogen and oxygen atoms in total. The maximum Gasteiger partial charge on any atom is 0.324 e. The van der Waals surface area contributed by atoms with E-state index in [1.165, 1.54) is 7.11 Å². The molecule has 3 aromatic rings. The molecule has 1 atom stereocenters. The summed E-state index contributed by atoms with van der Waals surface area (Å²) < 4.78 is 10.9. The van der Waals surface area contributed by atoms with E-state index in [2.05, 4.69) is 10.3 Å². The van der Waals surface area contributed by atoms with Gasteiger partial charge in [0.05, 0.1) is 12.6 Å². The van der Waals surface area contributed by atoms with Crippen LogP contribution in [0.3, 0.4) is 0 Å². The molecule has 0 aliphatic carbocycles. The van der Waals surface area contributed by atoms with Crippen molar-refractivity contribution in [2.75, 3.05) is 26.7 Å². The van der Waals surface area contributed by atoms with E-state index in [1.807, 2.05) is 56.0 Å². The summed E-state index contributed by atoms with van der Waals surface area (Å²) in [6.07, 6.45) is 0. The zero-order valence-electron chi connectivity index (χ0n) is 19.6. The molecule has 1 heterocycles. The van der Waals surface area contributed by atoms with Gasteiger partial charge in [0.15, 0.2) is 0 Å². The van der Waals surface area contributed by atoms with Gasteiger partial charge in [0.25, 0.3) is 5.91 Å². The molecule has 0 bridgehead atoms. The number of methoxy groups -OCH3 is 1. The molecule has 0 radical (unpaired) electrons. The van der Waals surface area contributed by atoms with Crippen LogP contribution < -0.4 is 10.1 Å². The largest absolute Gasteiger partial charge is 0.489 e. The smallest absolute Gasteiger partial charge is 0.324 e. The number of pyridine rings is 1. The van der Waals surface area contributed by atoms with Crippen molar-refractivity contribution in [3.05, 3.63) is 71.4 Å². The number of nitrogens with zero attached hydrogens (tertiary/aromatic N) is 2. The molecule has 0 aliphatic rings. The van der Waals surface area contributed by atoms with Gasteiger partial charge in [0.1, 0.15) is 18.4 Å². The molecule has 0 saturated heterocycles. The fraction of sp³-hybridized carbons (Fsp3) is 0.346. The van der Waals surface area contributed by atoms with E-state index < -0.39 is 6.04 Å². The number of likely N-dealkylation sites (N-methyl/N-ethyl adjacent to an activating group) is 1. The first kappa shape index (κ1) is 24.2. The van der Waals surface area contributed by atoms with E-state index in [9.17, 15) is 9.59 Å². The van der Waals surface area contributed by atoms with E-state index in [4.69, 9.17) is 9.47 Å². The van der Waals surface area contributed by atoms with Crippen LogP contribution >= 0.6 is 0 Å². The summed E-state index contributed by atoms with van der Waals surface area (Å²) in [6, 6.07) is 16.5. The summed E-state index contributed by atoms with van der Waals surface area (Å²) in [5, 5.41) is 3.90. The molecule has 0 aliphatic heterocycles. The Morgan fingerprint density at radius 1 is 1.06 bits per heavy atom. The standard InChI is InChI=1S/C26H31N3O4/c1-5-29(6-2)24(26(31)32-4)16-27-25(30)19-11-13-21(14-12-19)33-17-20-15-18(3)28-23-10-8-7-9-22(20)23/h7-15,24H,5-6,16-17H2,1-4H3,(H,27,30)/t24-/m0/s1. The highest BCUT2D eigenvalue weighted by molar-refractivity contribution is 5.94. The third kappa shape index (κ3) is 6.08. The van der Waals surface area contributed by atoms with Crippen LogP contribution in [0.5, 0.6) is 5.75 Å². The van der Waals surface area contributed by atoms with Crippen LogP contribution in [0.4, 0.5) is 0 Å². The Balaban J connectivity index is 1.62. The highest BCUT2D eigenvalue weighted by atomic mass is 16.5. The van der Waals surface area contributed by atoms with Crippen LogP contribution in [0.2, 0.25) is 0 Å². The molecule has 0 fully saturated rings. The SMILES string of the molecule is CCN(CC)[C@@H](CNC(=O)c1ccc(OCc2cc(C)nc3ccccc23)cc1)C(=O)OC. The van der Waals surface area contributed by atoms with Gasteiger partial charge >= 0.3 is 5.97 Å². The average molecular weight is 450 g/mol. The Morgan fingerprint density at radius 2 is 1.76 bits per heavy atom. The summed E-state index contributed by atoms with van der Waals surface area (Å²) in [6.45, 7) is 7.86. The molecule has 0 spiro atoms. The van der Waals surface area contributed by atoms with Gasteiger partial charge in [-0.05, 0) is 56.4 Å². The number of nitrogens with one attached hydrogen (secondary N) is 1. The first-order chi connectivity index (χ1) is 16.0. The fourth-order valence-electron chi connectivity index (χ4n) is 3.83. The van der Waals surface area contributed by atoms with Gasteiger partial charge in [-0.1, -0.05) is 32.0 Å². The number of carbonyl (C=O) groups excluding carboxylic acids is 2. The minimum atomic E-state index is -0.518. The van der Waals surface area contributed by atoms with Crippen molar-refractivity contribution in [1.29, 1.82) is 0 Å². The third-order valence-electron chi connectivity index (χ3n) is 5.62. The second kappa shape index (κ2) is 11.4. The minimum Gasteiger partial charge on any atom is -0.489 e. The summed E-state index contributed by atoms with van der Waals surface area (Å²) >= 11 is 0. The summed E-state index contributed by atoms with van der Waals surface area (Å²) in [7, 11) is 1.36. The summed E-state index contributed by atoms with van der Waals surface area (Å²) in [4.78, 5) is 31.2. The number of aryl methyl sites for hydroxylation is 1. The number of para-hydroxylation sites is 1. The third-order valence-corrected chi connectivity index (χ3v) is 5.62. The number of ether oxygens (including phenoxy) is 2. The van der Waals surface area contributed by atoms with Crippen molar-refractivity contribution < 1.29 is 19.1 Å². The van der Waals surface area contributed by atoms with Crippen molar-refractivity contribution in [3.8, 4) is 5.75 Å². The molecule has 33 heavy (non-hydrogen) atoms. The molecule has 0 unspecified atom stereocenters. The van der Waals surface area contributed by atoms with Crippen molar-refractivity contribution >= 4 is 22.8 Å². The number of aromatic nitrogens is 1. The first-order valence-electron chi connectivity index (χ1n) is 11.1. The Bertz CT molecular complexity index is 1090. The molecule has 1 amide bonds. The average Bonchev–Trinajstić information content (AvgIpc) is 2.84. The quantitative estimate of drug-likeness (QED) is 0.475. The van der Waals surface area contributed by atoms with Gasteiger partial charge < -0.3 is 14.8 Å². The lowest BCUT2D eigenvalue weighted by atomic mass is 10.1. The van der Waals surface area contributed by atoms with Crippen molar-refractivity contribution in [1.82, 2.24) is 15.2 Å². The second-order valence-electron chi connectivity index (χ2n) is 7.72. The van der Waals surface area contributed by atoms with Crippen LogP contribution in [-0.4, -0.2) is 54.5 Å². The molecule has 1 N–H and O–H groups in total. The fourth-order valence-corrected chi connectivity index (χ4v) is 3.83. The normalized spacial score (nSPS) is 11.9. The van der Waals surface area contributed by atoms with Gasteiger partial charge in [0.2, 0.25) is 0 Å². The van der Waals surface area contributed by atoms with Gasteiger partial charge in [-0.15, -0.1) is 0 Å². The maximum absolute atomic E-state index is 12.6. The van der Waals surface area contributed by atoms with Crippen molar-refractivity contribution in [3.63, 3.8) is 0 Å². The van der Waals surface area contributed by atoms with Gasteiger partial charge in [-0.2, -0.15) is 0 Å². The molecule has 174 valence electrons. The van der Waals surface area contributed by atoms with E-state index in [1.54, 1.807) is 24.3 Å². The number of fused-ring (bicyclic) bond motifs is 1. The number of carbonyl (C=O) groups is 2. The number of hydrogen-bond donors (Lipinski definition) is 1. The first-order valence-corrected chi connectivity index (χ1v) is 11.1. The maximum atomic E-state index is 12.6. The van der Waals surface area contributed by atoms with Gasteiger partial charge in [0, 0.05) is 28.8 Å². The molecule has 0 saturated carbocycles. The predicted octanol–water partition coefficient (Wildman–Crippen LogP) is 3.74. The monoisotopic (exact) mass is 449 g/mol. The number of hydrogen-bond acceptors (Lipinski definition) is 6. The van der Waals surface area contributed by atoms with Crippen LogP contribution in [0.15, 0.2) is 54.6 Å². The Hall–Kier alpha value is -3.45. The van der Waals surface area contributed by atoms with E-state index >= 15 is 0 Å². The topological polar surface area (TPSA) is 80.8 Å². The molecule has 7 heteroatoms. The lowest BCUT2D eigenvalue weighted by Crippen LogP contribution is -2.49. The molecular formula is C26H31N3O4. The van der Waals surface area contributed by atoms with Gasteiger partial charge in [-0.3, -0.25) is 19.5 Å². The number of benzene rings is 2. The van der Waals surface area contributed by atoms with Crippen LogP contribution in [0, 0.1) is 6.92 Å². The Morgan fingerprint density at radius 3 is 2.42 bits per heavy atom. The lowest BCUT2D eigenvalue weighted by Gasteiger charge is -2.27. The number of esters is 1. The minimum absolute atomic E-state index is 0.180. The molecule has 3 rings (SSSR count). The number of rotatable bonds is 10. The van der Waals surface area contributed by atoms with Crippen molar-refractivity contribution in [2.24, 2.45) is 0 Å². The molecule has 2 aromatic carbocycles. The Kier molecular flexibility index (Phi) is 8.38. The summed E-state index contributed by atoms with van der Waals surface area (Å²) in [5.74, 6) is 0.0562. The van der Waals surface area contributed by atoms with E-state index in [0.717, 1.165) is 22.2 Å². The van der Waals surface area contributed by atoms with Gasteiger partial charge in [-0.25, -0.2) is 0 Å². The van der Waals surface area contributed by atoms with Crippen LogP contribution in [0.1, 0.15) is 35.5 Å². The molecule has 1 aromatic heterocycles. The summed E-state index contributed by atoms with van der Waals surface area (Å²) in [5.41, 5.74) is 3.44. The Labute approximate surface area is 194 Å². The van der Waals surface area contributed by atoms with Crippen molar-refractivity contribution in [2.45, 2.75) is 33.4 Å². The van der Waals surface area contributed by atoms with E-state index in [-0.39, 0.29) is 18.4 Å². The molecular weight excluding hydrogens is 418 g/mol. The van der Waals surface area contributed by atoms with E-state index in [0.29, 0.717) is 31.0 Å². The number of amides is 1. The predicted molar refractivity (Wildman–Crippen MR) is 128 cm³/mol. The lowest BCUT2D eigenvalue weighted by molar-refractivity contribution is -0.146. The highest BCUT2D eigenvalue weighted by Crippen LogP contribution is 2.21. The zero-order valence-corrected chi connectivity index (χ0v) is 19.6. The van der Waals surface area contributed by atoms with Crippen LogP contribution in [-0.2, 0) is 16.1 Å². The highest BCUT2D eigenvalue weighted by Gasteiger charge is 2.25.